The molecular formula is C12H19N5O. The van der Waals surface area contributed by atoms with Gasteiger partial charge in [-0.2, -0.15) is 0 Å². The standard InChI is InChI=1S/C12H19N5O/c1-8-2-3-9(6-8)7-14-12(18)10-4-5-11(15-13)17-16-10/h4-5,8-9H,2-3,6-7,13H2,1H3,(H,14,18)(H,15,17). The molecule has 0 spiro atoms. The smallest absolute Gasteiger partial charge is 0.271 e. The molecule has 4 N–H and O–H groups in total. The lowest BCUT2D eigenvalue weighted by atomic mass is 10.1. The maximum Gasteiger partial charge on any atom is 0.271 e. The van der Waals surface area contributed by atoms with E-state index in [1.807, 2.05) is 0 Å². The summed E-state index contributed by atoms with van der Waals surface area (Å²) in [6.07, 6.45) is 3.66. The molecule has 6 heteroatoms. The molecule has 1 heterocycles. The highest BCUT2D eigenvalue weighted by Gasteiger charge is 2.21. The van der Waals surface area contributed by atoms with Crippen LogP contribution >= 0.6 is 0 Å². The van der Waals surface area contributed by atoms with Crippen LogP contribution in [0.5, 0.6) is 0 Å². The number of amides is 1. The van der Waals surface area contributed by atoms with E-state index >= 15 is 0 Å². The van der Waals surface area contributed by atoms with Crippen molar-refractivity contribution in [1.82, 2.24) is 15.5 Å². The van der Waals surface area contributed by atoms with E-state index in [9.17, 15) is 4.79 Å². The fourth-order valence-electron chi connectivity index (χ4n) is 2.37. The second kappa shape index (κ2) is 5.77. The van der Waals surface area contributed by atoms with E-state index in [-0.39, 0.29) is 5.91 Å². The van der Waals surface area contributed by atoms with E-state index in [0.29, 0.717) is 17.4 Å². The van der Waals surface area contributed by atoms with E-state index < -0.39 is 0 Å². The first-order valence-corrected chi connectivity index (χ1v) is 6.27. The summed E-state index contributed by atoms with van der Waals surface area (Å²) in [5, 5.41) is 10.5. The number of nitrogens with two attached hydrogens (primary N) is 1. The Morgan fingerprint density at radius 2 is 2.28 bits per heavy atom. The van der Waals surface area contributed by atoms with E-state index in [1.165, 1.54) is 19.3 Å². The number of carbonyl (C=O) groups is 1. The summed E-state index contributed by atoms with van der Waals surface area (Å²) in [6, 6.07) is 3.23. The van der Waals surface area contributed by atoms with Crippen molar-refractivity contribution >= 4 is 11.7 Å². The van der Waals surface area contributed by atoms with Gasteiger partial charge in [0.15, 0.2) is 11.5 Å². The summed E-state index contributed by atoms with van der Waals surface area (Å²) >= 11 is 0. The first-order chi connectivity index (χ1) is 8.69. The fourth-order valence-corrected chi connectivity index (χ4v) is 2.37. The van der Waals surface area contributed by atoms with Crippen LogP contribution in [-0.4, -0.2) is 22.6 Å². The Morgan fingerprint density at radius 3 is 2.83 bits per heavy atom. The number of rotatable bonds is 4. The lowest BCUT2D eigenvalue weighted by molar-refractivity contribution is 0.0941. The Morgan fingerprint density at radius 1 is 1.44 bits per heavy atom. The summed E-state index contributed by atoms with van der Waals surface area (Å²) < 4.78 is 0. The molecule has 0 radical (unpaired) electrons. The van der Waals surface area contributed by atoms with Gasteiger partial charge < -0.3 is 10.7 Å². The Hall–Kier alpha value is -1.69. The van der Waals surface area contributed by atoms with Crippen molar-refractivity contribution in [2.45, 2.75) is 26.2 Å². The minimum absolute atomic E-state index is 0.175. The van der Waals surface area contributed by atoms with E-state index in [0.717, 1.165) is 12.5 Å². The van der Waals surface area contributed by atoms with Gasteiger partial charge in [0.1, 0.15) is 0 Å². The molecule has 1 amide bonds. The number of hydrogen-bond acceptors (Lipinski definition) is 5. The summed E-state index contributed by atoms with van der Waals surface area (Å²) in [7, 11) is 0. The second-order valence-corrected chi connectivity index (χ2v) is 4.94. The molecule has 18 heavy (non-hydrogen) atoms. The molecule has 6 nitrogen and oxygen atoms in total. The minimum atomic E-state index is -0.175. The summed E-state index contributed by atoms with van der Waals surface area (Å²) in [6.45, 7) is 2.98. The number of nitrogens with zero attached hydrogens (tertiary/aromatic N) is 2. The van der Waals surface area contributed by atoms with Crippen LogP contribution in [0.25, 0.3) is 0 Å². The van der Waals surface area contributed by atoms with Gasteiger partial charge in [-0.15, -0.1) is 10.2 Å². The third kappa shape index (κ3) is 3.16. The third-order valence-electron chi connectivity index (χ3n) is 3.40. The van der Waals surface area contributed by atoms with E-state index in [1.54, 1.807) is 12.1 Å². The van der Waals surface area contributed by atoms with Crippen molar-refractivity contribution < 1.29 is 4.79 Å². The zero-order valence-corrected chi connectivity index (χ0v) is 10.5. The van der Waals surface area contributed by atoms with Crippen LogP contribution in [0, 0.1) is 11.8 Å². The zero-order valence-electron chi connectivity index (χ0n) is 10.5. The van der Waals surface area contributed by atoms with E-state index in [4.69, 9.17) is 5.84 Å². The lowest BCUT2D eigenvalue weighted by Gasteiger charge is -2.10. The van der Waals surface area contributed by atoms with Gasteiger partial charge in [0.2, 0.25) is 0 Å². The zero-order chi connectivity index (χ0) is 13.0. The van der Waals surface area contributed by atoms with Crippen molar-refractivity contribution in [3.8, 4) is 0 Å². The highest BCUT2D eigenvalue weighted by molar-refractivity contribution is 5.92. The Balaban J connectivity index is 1.83. The number of hydrogen-bond donors (Lipinski definition) is 3. The molecule has 0 saturated heterocycles. The minimum Gasteiger partial charge on any atom is -0.350 e. The Kier molecular flexibility index (Phi) is 4.09. The van der Waals surface area contributed by atoms with Crippen molar-refractivity contribution in [3.05, 3.63) is 17.8 Å². The van der Waals surface area contributed by atoms with Gasteiger partial charge in [0.25, 0.3) is 5.91 Å². The van der Waals surface area contributed by atoms with Crippen LogP contribution in [0.3, 0.4) is 0 Å². The second-order valence-electron chi connectivity index (χ2n) is 4.94. The van der Waals surface area contributed by atoms with E-state index in [2.05, 4.69) is 27.9 Å². The highest BCUT2D eigenvalue weighted by Crippen LogP contribution is 2.29. The fraction of sp³-hybridized carbons (Fsp3) is 0.583. The predicted octanol–water partition coefficient (Wildman–Crippen LogP) is 0.928. The normalized spacial score (nSPS) is 22.8. The first-order valence-electron chi connectivity index (χ1n) is 6.27. The first kappa shape index (κ1) is 12.8. The third-order valence-corrected chi connectivity index (χ3v) is 3.40. The molecule has 2 atom stereocenters. The molecule has 98 valence electrons. The van der Waals surface area contributed by atoms with Gasteiger partial charge in [0.05, 0.1) is 0 Å². The van der Waals surface area contributed by atoms with Gasteiger partial charge >= 0.3 is 0 Å². The molecule has 2 rings (SSSR count). The average Bonchev–Trinajstić information content (AvgIpc) is 2.82. The van der Waals surface area contributed by atoms with Crippen LogP contribution < -0.4 is 16.6 Å². The average molecular weight is 249 g/mol. The van der Waals surface area contributed by atoms with Crippen molar-refractivity contribution in [2.24, 2.45) is 17.7 Å². The maximum absolute atomic E-state index is 11.8. The molecule has 2 unspecified atom stereocenters. The van der Waals surface area contributed by atoms with Gasteiger partial charge in [0, 0.05) is 6.54 Å². The molecule has 0 bridgehead atoms. The van der Waals surface area contributed by atoms with Gasteiger partial charge in [-0.3, -0.25) is 4.79 Å². The highest BCUT2D eigenvalue weighted by atomic mass is 16.1. The Bertz CT molecular complexity index is 405. The lowest BCUT2D eigenvalue weighted by Crippen LogP contribution is -2.29. The van der Waals surface area contributed by atoms with Crippen molar-refractivity contribution in [1.29, 1.82) is 0 Å². The summed E-state index contributed by atoms with van der Waals surface area (Å²) in [4.78, 5) is 11.8. The summed E-state index contributed by atoms with van der Waals surface area (Å²) in [5.74, 6) is 6.82. The molecule has 1 aromatic heterocycles. The molecule has 1 aliphatic carbocycles. The molecule has 0 aromatic carbocycles. The van der Waals surface area contributed by atoms with Crippen LogP contribution in [0.4, 0.5) is 5.82 Å². The van der Waals surface area contributed by atoms with Crippen LogP contribution in [0.1, 0.15) is 36.7 Å². The van der Waals surface area contributed by atoms with Gasteiger partial charge in [-0.25, -0.2) is 5.84 Å². The quantitative estimate of drug-likeness (QED) is 0.545. The van der Waals surface area contributed by atoms with Gasteiger partial charge in [-0.05, 0) is 36.8 Å². The largest absolute Gasteiger partial charge is 0.350 e. The molecule has 1 fully saturated rings. The number of aromatic nitrogens is 2. The van der Waals surface area contributed by atoms with Gasteiger partial charge in [-0.1, -0.05) is 13.3 Å². The number of anilines is 1. The number of nitrogen functional groups attached to an aromatic ring is 1. The molecule has 1 aliphatic rings. The molecular weight excluding hydrogens is 230 g/mol. The van der Waals surface area contributed by atoms with Crippen LogP contribution in [0.15, 0.2) is 12.1 Å². The number of carbonyl (C=O) groups excluding carboxylic acids is 1. The van der Waals surface area contributed by atoms with Crippen molar-refractivity contribution in [2.75, 3.05) is 12.0 Å². The van der Waals surface area contributed by atoms with Crippen LogP contribution in [0.2, 0.25) is 0 Å². The molecule has 0 aliphatic heterocycles. The van der Waals surface area contributed by atoms with Crippen LogP contribution in [-0.2, 0) is 0 Å². The topological polar surface area (TPSA) is 92.9 Å². The monoisotopic (exact) mass is 249 g/mol. The number of nitrogens with one attached hydrogen (secondary N) is 2. The molecule has 1 aromatic rings. The molecule has 1 saturated carbocycles. The number of hydrazine groups is 1. The maximum atomic E-state index is 11.8. The van der Waals surface area contributed by atoms with Crippen molar-refractivity contribution in [3.63, 3.8) is 0 Å². The Labute approximate surface area is 106 Å². The summed E-state index contributed by atoms with van der Waals surface area (Å²) in [5.41, 5.74) is 2.69. The SMILES string of the molecule is CC1CCC(CNC(=O)c2ccc(NN)nn2)C1. The predicted molar refractivity (Wildman–Crippen MR) is 68.7 cm³/mol.